The molecule has 0 N–H and O–H groups in total. The van der Waals surface area contributed by atoms with E-state index in [9.17, 15) is 14.4 Å². The number of nitrogens with zero attached hydrogens (tertiary/aromatic N) is 2. The second-order valence-electron chi connectivity index (χ2n) is 9.89. The number of ether oxygens (including phenoxy) is 1. The van der Waals surface area contributed by atoms with Crippen LogP contribution in [0.2, 0.25) is 0 Å². The van der Waals surface area contributed by atoms with Gasteiger partial charge in [-0.2, -0.15) is 0 Å². The van der Waals surface area contributed by atoms with Gasteiger partial charge in [0.05, 0.1) is 5.41 Å². The van der Waals surface area contributed by atoms with Gasteiger partial charge >= 0.3 is 6.09 Å². The molecule has 6 heteroatoms. The van der Waals surface area contributed by atoms with Crippen molar-refractivity contribution in [2.45, 2.75) is 64.9 Å². The van der Waals surface area contributed by atoms with Gasteiger partial charge in [-0.1, -0.05) is 32.0 Å². The first kappa shape index (κ1) is 22.3. The van der Waals surface area contributed by atoms with Gasteiger partial charge < -0.3 is 14.5 Å². The van der Waals surface area contributed by atoms with Crippen LogP contribution >= 0.6 is 0 Å². The minimum absolute atomic E-state index is 0.00163. The lowest BCUT2D eigenvalue weighted by molar-refractivity contribution is -0.132. The van der Waals surface area contributed by atoms with Crippen LogP contribution in [0.4, 0.5) is 10.5 Å². The van der Waals surface area contributed by atoms with E-state index in [0.29, 0.717) is 25.9 Å². The van der Waals surface area contributed by atoms with E-state index in [1.165, 1.54) is 0 Å². The van der Waals surface area contributed by atoms with Crippen LogP contribution in [0.1, 0.15) is 59.4 Å². The number of carbonyl (C=O) groups excluding carboxylic acids is 3. The van der Waals surface area contributed by atoms with Gasteiger partial charge in [0.25, 0.3) is 0 Å². The van der Waals surface area contributed by atoms with Crippen LogP contribution in [0, 0.1) is 11.8 Å². The number of amides is 2. The van der Waals surface area contributed by atoms with Crippen LogP contribution in [-0.2, 0) is 19.7 Å². The topological polar surface area (TPSA) is 66.9 Å². The van der Waals surface area contributed by atoms with E-state index < -0.39 is 11.0 Å². The lowest BCUT2D eigenvalue weighted by Gasteiger charge is -2.36. The minimum atomic E-state index is -0.815. The molecule has 1 saturated heterocycles. The van der Waals surface area contributed by atoms with Crippen LogP contribution in [0.5, 0.6) is 0 Å². The molecular formula is C24H34N2O4. The first-order chi connectivity index (χ1) is 14.0. The Kier molecular flexibility index (Phi) is 5.99. The number of Topliss-reactive ketones (excluding diaryl/α,β-unsaturated/α-hetero) is 1. The molecule has 0 saturated carbocycles. The van der Waals surface area contributed by atoms with Crippen LogP contribution in [0.3, 0.4) is 0 Å². The molecule has 0 spiro atoms. The summed E-state index contributed by atoms with van der Waals surface area (Å²) in [5.41, 5.74) is 0.496. The molecule has 1 aromatic rings. The molecule has 0 bridgehead atoms. The maximum atomic E-state index is 13.3. The number of fused-ring (bicyclic) bond motifs is 1. The van der Waals surface area contributed by atoms with Crippen molar-refractivity contribution in [3.63, 3.8) is 0 Å². The Hall–Kier alpha value is -2.37. The molecule has 0 aromatic heterocycles. The highest BCUT2D eigenvalue weighted by Gasteiger charge is 2.53. The van der Waals surface area contributed by atoms with Crippen molar-refractivity contribution in [2.75, 3.05) is 25.0 Å². The van der Waals surface area contributed by atoms with E-state index in [-0.39, 0.29) is 36.0 Å². The summed E-state index contributed by atoms with van der Waals surface area (Å²) in [7, 11) is 1.79. The molecule has 0 radical (unpaired) electrons. The lowest BCUT2D eigenvalue weighted by Crippen LogP contribution is -2.47. The number of piperidine rings is 1. The van der Waals surface area contributed by atoms with Crippen molar-refractivity contribution >= 4 is 23.5 Å². The van der Waals surface area contributed by atoms with E-state index in [2.05, 4.69) is 0 Å². The molecule has 2 aliphatic rings. The van der Waals surface area contributed by atoms with Gasteiger partial charge in [-0.15, -0.1) is 0 Å². The van der Waals surface area contributed by atoms with Crippen molar-refractivity contribution in [3.8, 4) is 0 Å². The highest BCUT2D eigenvalue weighted by atomic mass is 16.6. The van der Waals surface area contributed by atoms with Crippen LogP contribution in [0.15, 0.2) is 24.3 Å². The molecule has 30 heavy (non-hydrogen) atoms. The number of hydrogen-bond donors (Lipinski definition) is 0. The van der Waals surface area contributed by atoms with Gasteiger partial charge in [-0.05, 0) is 51.2 Å². The van der Waals surface area contributed by atoms with Gasteiger partial charge in [0.1, 0.15) is 11.4 Å². The number of rotatable bonds is 4. The second-order valence-corrected chi connectivity index (χ2v) is 9.89. The molecule has 2 aliphatic heterocycles. The summed E-state index contributed by atoms with van der Waals surface area (Å²) in [5, 5.41) is 0. The molecule has 0 unspecified atom stereocenters. The average molecular weight is 415 g/mol. The van der Waals surface area contributed by atoms with E-state index in [0.717, 1.165) is 11.3 Å². The monoisotopic (exact) mass is 414 g/mol. The van der Waals surface area contributed by atoms with E-state index in [1.807, 2.05) is 58.9 Å². The summed E-state index contributed by atoms with van der Waals surface area (Å²) >= 11 is 0. The molecular weight excluding hydrogens is 380 g/mol. The summed E-state index contributed by atoms with van der Waals surface area (Å²) in [6, 6.07) is 7.79. The molecule has 1 atom stereocenters. The second kappa shape index (κ2) is 8.05. The van der Waals surface area contributed by atoms with Crippen molar-refractivity contribution in [3.05, 3.63) is 29.8 Å². The number of hydrogen-bond acceptors (Lipinski definition) is 4. The molecule has 0 aliphatic carbocycles. The van der Waals surface area contributed by atoms with Crippen molar-refractivity contribution in [2.24, 2.45) is 11.8 Å². The molecule has 6 nitrogen and oxygen atoms in total. The first-order valence-corrected chi connectivity index (χ1v) is 10.9. The summed E-state index contributed by atoms with van der Waals surface area (Å²) in [6.07, 6.45) is 1.10. The summed E-state index contributed by atoms with van der Waals surface area (Å²) in [5.74, 6) is -0.0173. The Morgan fingerprint density at radius 3 is 2.33 bits per heavy atom. The zero-order chi connectivity index (χ0) is 22.3. The van der Waals surface area contributed by atoms with Gasteiger partial charge in [-0.3, -0.25) is 9.59 Å². The predicted molar refractivity (Wildman–Crippen MR) is 117 cm³/mol. The average Bonchev–Trinajstić information content (AvgIpc) is 2.90. The molecule has 1 fully saturated rings. The number of carbonyl (C=O) groups is 3. The van der Waals surface area contributed by atoms with Gasteiger partial charge in [0, 0.05) is 38.2 Å². The van der Waals surface area contributed by atoms with Gasteiger partial charge in [0.2, 0.25) is 5.91 Å². The van der Waals surface area contributed by atoms with Crippen LogP contribution in [-0.4, -0.2) is 48.4 Å². The number of ketones is 1. The Bertz CT molecular complexity index is 834. The third-order valence-electron chi connectivity index (χ3n) is 6.47. The van der Waals surface area contributed by atoms with E-state index >= 15 is 0 Å². The fourth-order valence-electron chi connectivity index (χ4n) is 4.73. The Balaban J connectivity index is 1.73. The first-order valence-electron chi connectivity index (χ1n) is 10.9. The molecule has 2 amide bonds. The Labute approximate surface area is 179 Å². The zero-order valence-electron chi connectivity index (χ0n) is 19.0. The number of likely N-dealkylation sites (tertiary alicyclic amines) is 1. The number of benzene rings is 1. The quantitative estimate of drug-likeness (QED) is 0.742. The van der Waals surface area contributed by atoms with Crippen LogP contribution < -0.4 is 4.90 Å². The molecule has 3 rings (SSSR count). The van der Waals surface area contributed by atoms with Gasteiger partial charge in [-0.25, -0.2) is 4.79 Å². The van der Waals surface area contributed by atoms with Crippen molar-refractivity contribution < 1.29 is 19.1 Å². The highest BCUT2D eigenvalue weighted by Crippen LogP contribution is 2.48. The fourth-order valence-corrected chi connectivity index (χ4v) is 4.73. The van der Waals surface area contributed by atoms with Crippen molar-refractivity contribution in [1.82, 2.24) is 4.90 Å². The van der Waals surface area contributed by atoms with E-state index in [1.54, 1.807) is 16.8 Å². The molecule has 164 valence electrons. The fraction of sp³-hybridized carbons (Fsp3) is 0.625. The number of likely N-dealkylation sites (N-methyl/N-ethyl adjacent to an activating group) is 1. The Morgan fingerprint density at radius 2 is 1.77 bits per heavy atom. The maximum Gasteiger partial charge on any atom is 0.410 e. The summed E-state index contributed by atoms with van der Waals surface area (Å²) < 4.78 is 5.44. The van der Waals surface area contributed by atoms with E-state index in [4.69, 9.17) is 4.74 Å². The highest BCUT2D eigenvalue weighted by molar-refractivity contribution is 6.10. The lowest BCUT2D eigenvalue weighted by atomic mass is 9.67. The SMILES string of the molecule is CC(C)[C@@]1(CC(=O)C2CCN(C(=O)OC(C)(C)C)CC2)C(=O)N(C)c2ccccc21. The Morgan fingerprint density at radius 1 is 1.17 bits per heavy atom. The summed E-state index contributed by atoms with van der Waals surface area (Å²) in [6.45, 7) is 10.6. The normalized spacial score (nSPS) is 22.4. The maximum absolute atomic E-state index is 13.3. The van der Waals surface area contributed by atoms with Crippen molar-refractivity contribution in [1.29, 1.82) is 0 Å². The number of para-hydroxylation sites is 1. The molecule has 2 heterocycles. The standard InChI is InChI=1S/C24H34N2O4/c1-16(2)24(18-9-7-8-10-19(18)25(6)21(24)28)15-20(27)17-11-13-26(14-12-17)22(29)30-23(3,4)5/h7-10,16-17H,11-15H2,1-6H3/t24-/m1/s1. The van der Waals surface area contributed by atoms with Crippen LogP contribution in [0.25, 0.3) is 0 Å². The third kappa shape index (κ3) is 3.96. The third-order valence-corrected chi connectivity index (χ3v) is 6.47. The smallest absolute Gasteiger partial charge is 0.410 e. The van der Waals surface area contributed by atoms with Gasteiger partial charge in [0.15, 0.2) is 0 Å². The zero-order valence-corrected chi connectivity index (χ0v) is 19.0. The largest absolute Gasteiger partial charge is 0.444 e. The molecule has 1 aromatic carbocycles. The predicted octanol–water partition coefficient (Wildman–Crippen LogP) is 4.16. The number of anilines is 1. The minimum Gasteiger partial charge on any atom is -0.444 e. The summed E-state index contributed by atoms with van der Waals surface area (Å²) in [4.78, 5) is 42.3.